The predicted molar refractivity (Wildman–Crippen MR) is 97.0 cm³/mol. The molecule has 0 aromatic carbocycles. The van der Waals surface area contributed by atoms with E-state index >= 15 is 0 Å². The van der Waals surface area contributed by atoms with Gasteiger partial charge >= 0.3 is 0 Å². The van der Waals surface area contributed by atoms with E-state index in [2.05, 4.69) is 15.7 Å². The molecule has 26 heavy (non-hydrogen) atoms. The fraction of sp³-hybridized carbons (Fsp3) is 0.778. The van der Waals surface area contributed by atoms with Crippen molar-refractivity contribution in [1.82, 2.24) is 20.4 Å². The van der Waals surface area contributed by atoms with Crippen LogP contribution in [0.2, 0.25) is 0 Å². The quantitative estimate of drug-likeness (QED) is 0.787. The molecule has 1 heterocycles. The van der Waals surface area contributed by atoms with Crippen LogP contribution in [-0.2, 0) is 7.05 Å². The van der Waals surface area contributed by atoms with E-state index in [4.69, 9.17) is 0 Å². The highest BCUT2D eigenvalue weighted by Gasteiger charge is 2.41. The lowest BCUT2D eigenvalue weighted by Gasteiger charge is -2.28. The topological polar surface area (TPSA) is 59.0 Å². The molecule has 3 aliphatic carbocycles. The van der Waals surface area contributed by atoms with Gasteiger partial charge in [0.2, 0.25) is 5.92 Å². The van der Waals surface area contributed by atoms with Crippen LogP contribution < -0.4 is 10.6 Å². The third-order valence-electron chi connectivity index (χ3n) is 5.74. The zero-order chi connectivity index (χ0) is 17.6. The van der Waals surface area contributed by atoms with Gasteiger partial charge in [0.1, 0.15) is 5.69 Å². The van der Waals surface area contributed by atoms with Crippen molar-refractivity contribution < 1.29 is 13.6 Å². The van der Waals surface area contributed by atoms with Gasteiger partial charge in [-0.1, -0.05) is 0 Å². The molecule has 146 valence electrons. The molecule has 0 spiro atoms. The molecule has 0 radical (unpaired) electrons. The highest BCUT2D eigenvalue weighted by Crippen LogP contribution is 2.41. The van der Waals surface area contributed by atoms with Crippen LogP contribution in [0.4, 0.5) is 8.78 Å². The lowest BCUT2D eigenvalue weighted by Crippen LogP contribution is -2.40. The summed E-state index contributed by atoms with van der Waals surface area (Å²) in [5.41, 5.74) is 1.47. The summed E-state index contributed by atoms with van der Waals surface area (Å²) in [6.45, 7) is 1.10. The Balaban J connectivity index is 0.00000196. The molecule has 1 aromatic heterocycles. The third-order valence-corrected chi connectivity index (χ3v) is 5.74. The molecule has 3 saturated carbocycles. The lowest BCUT2D eigenvalue weighted by molar-refractivity contribution is -0.0399. The normalized spacial score (nSPS) is 27.7. The number of rotatable bonds is 6. The van der Waals surface area contributed by atoms with Gasteiger partial charge in [0.05, 0.1) is 0 Å². The van der Waals surface area contributed by atoms with Crippen molar-refractivity contribution in [1.29, 1.82) is 0 Å². The summed E-state index contributed by atoms with van der Waals surface area (Å²) in [7, 11) is 1.86. The molecule has 2 atom stereocenters. The fourth-order valence-corrected chi connectivity index (χ4v) is 3.77. The Bertz CT molecular complexity index is 652. The van der Waals surface area contributed by atoms with Gasteiger partial charge in [-0.3, -0.25) is 9.48 Å². The predicted octanol–water partition coefficient (Wildman–Crippen LogP) is 3.01. The zero-order valence-electron chi connectivity index (χ0n) is 15.0. The first-order valence-corrected chi connectivity index (χ1v) is 9.37. The number of hydrogen-bond acceptors (Lipinski definition) is 3. The molecule has 5 nitrogen and oxygen atoms in total. The number of halogens is 3. The molecule has 2 unspecified atom stereocenters. The van der Waals surface area contributed by atoms with Crippen molar-refractivity contribution in [2.24, 2.45) is 13.0 Å². The minimum Gasteiger partial charge on any atom is -0.348 e. The number of nitrogens with zero attached hydrogens (tertiary/aromatic N) is 2. The van der Waals surface area contributed by atoms with Gasteiger partial charge in [-0.05, 0) is 50.6 Å². The van der Waals surface area contributed by atoms with Crippen molar-refractivity contribution in [3.8, 4) is 0 Å². The Morgan fingerprint density at radius 3 is 2.65 bits per heavy atom. The SMILES string of the molecule is Cl.Cn1nc(C(=O)NC2CCC(F)(F)CC2)cc1C1CC1NCC1CC1. The summed E-state index contributed by atoms with van der Waals surface area (Å²) in [5.74, 6) is -1.54. The van der Waals surface area contributed by atoms with Crippen LogP contribution in [0.25, 0.3) is 0 Å². The second-order valence-corrected chi connectivity index (χ2v) is 7.98. The summed E-state index contributed by atoms with van der Waals surface area (Å²) < 4.78 is 28.2. The largest absolute Gasteiger partial charge is 0.348 e. The van der Waals surface area contributed by atoms with Crippen molar-refractivity contribution in [3.05, 3.63) is 17.5 Å². The number of nitrogens with one attached hydrogen (secondary N) is 2. The second kappa shape index (κ2) is 7.43. The van der Waals surface area contributed by atoms with E-state index in [0.717, 1.165) is 24.6 Å². The number of aryl methyl sites for hydroxylation is 1. The highest BCUT2D eigenvalue weighted by molar-refractivity contribution is 5.92. The number of aromatic nitrogens is 2. The molecule has 1 amide bonds. The highest BCUT2D eigenvalue weighted by atomic mass is 35.5. The van der Waals surface area contributed by atoms with E-state index in [1.165, 1.54) is 12.8 Å². The summed E-state index contributed by atoms with van der Waals surface area (Å²) in [6, 6.07) is 2.18. The van der Waals surface area contributed by atoms with Gasteiger partial charge in [0.25, 0.3) is 5.91 Å². The molecule has 2 N–H and O–H groups in total. The van der Waals surface area contributed by atoms with Crippen LogP contribution in [0.3, 0.4) is 0 Å². The number of carbonyl (C=O) groups excluding carboxylic acids is 1. The van der Waals surface area contributed by atoms with Crippen LogP contribution >= 0.6 is 12.4 Å². The Kier molecular flexibility index (Phi) is 5.58. The van der Waals surface area contributed by atoms with Crippen LogP contribution in [-0.4, -0.2) is 40.2 Å². The van der Waals surface area contributed by atoms with Gasteiger partial charge in [-0.15, -0.1) is 12.4 Å². The van der Waals surface area contributed by atoms with E-state index in [9.17, 15) is 13.6 Å². The monoisotopic (exact) mass is 388 g/mol. The average molecular weight is 389 g/mol. The Hall–Kier alpha value is -1.21. The van der Waals surface area contributed by atoms with Gasteiger partial charge in [-0.25, -0.2) is 8.78 Å². The van der Waals surface area contributed by atoms with Crippen LogP contribution in [0.15, 0.2) is 6.07 Å². The van der Waals surface area contributed by atoms with Crippen molar-refractivity contribution in [2.75, 3.05) is 6.54 Å². The number of alkyl halides is 2. The molecule has 1 aromatic rings. The molecule has 3 aliphatic rings. The molecular formula is C18H27ClF2N4O. The summed E-state index contributed by atoms with van der Waals surface area (Å²) in [5, 5.41) is 10.8. The van der Waals surface area contributed by atoms with E-state index in [0.29, 0.717) is 30.5 Å². The van der Waals surface area contributed by atoms with Crippen molar-refractivity contribution in [3.63, 3.8) is 0 Å². The summed E-state index contributed by atoms with van der Waals surface area (Å²) in [4.78, 5) is 12.4. The first kappa shape index (κ1) is 19.5. The second-order valence-electron chi connectivity index (χ2n) is 7.98. The number of amides is 1. The lowest BCUT2D eigenvalue weighted by atomic mass is 9.92. The van der Waals surface area contributed by atoms with E-state index < -0.39 is 5.92 Å². The molecule has 0 saturated heterocycles. The summed E-state index contributed by atoms with van der Waals surface area (Å²) >= 11 is 0. The minimum absolute atomic E-state index is 0. The zero-order valence-corrected chi connectivity index (χ0v) is 15.8. The Morgan fingerprint density at radius 2 is 2.00 bits per heavy atom. The fourth-order valence-electron chi connectivity index (χ4n) is 3.77. The van der Waals surface area contributed by atoms with Crippen molar-refractivity contribution >= 4 is 18.3 Å². The molecule has 8 heteroatoms. The van der Waals surface area contributed by atoms with E-state index in [1.54, 1.807) is 4.68 Å². The minimum atomic E-state index is -2.58. The maximum absolute atomic E-state index is 13.2. The standard InChI is InChI=1S/C18H26F2N4O.ClH/c1-24-16(13-8-14(13)21-10-11-2-3-11)9-15(23-24)17(25)22-12-4-6-18(19,20)7-5-12;/h9,11-14,21H,2-8,10H2,1H3,(H,22,25);1H. The Morgan fingerprint density at radius 1 is 1.31 bits per heavy atom. The van der Waals surface area contributed by atoms with Gasteiger partial charge in [0, 0.05) is 43.6 Å². The van der Waals surface area contributed by atoms with Gasteiger partial charge in [-0.2, -0.15) is 5.10 Å². The van der Waals surface area contributed by atoms with Crippen molar-refractivity contribution in [2.45, 2.75) is 68.9 Å². The number of hydrogen-bond donors (Lipinski definition) is 2. The molecule has 3 fully saturated rings. The maximum Gasteiger partial charge on any atom is 0.272 e. The molecule has 0 aliphatic heterocycles. The van der Waals surface area contributed by atoms with Crippen LogP contribution in [0.5, 0.6) is 0 Å². The Labute approximate surface area is 158 Å². The number of carbonyl (C=O) groups is 1. The molecule has 0 bridgehead atoms. The van der Waals surface area contributed by atoms with Gasteiger partial charge in [0.15, 0.2) is 0 Å². The smallest absolute Gasteiger partial charge is 0.272 e. The van der Waals surface area contributed by atoms with E-state index in [1.807, 2.05) is 13.1 Å². The van der Waals surface area contributed by atoms with E-state index in [-0.39, 0.29) is 37.2 Å². The van der Waals surface area contributed by atoms with Crippen LogP contribution in [0, 0.1) is 5.92 Å². The first-order chi connectivity index (χ1) is 11.9. The molecular weight excluding hydrogens is 362 g/mol. The van der Waals surface area contributed by atoms with Gasteiger partial charge < -0.3 is 10.6 Å². The first-order valence-electron chi connectivity index (χ1n) is 9.37. The maximum atomic E-state index is 13.2. The average Bonchev–Trinajstić information content (AvgIpc) is 3.47. The molecule has 4 rings (SSSR count). The summed E-state index contributed by atoms with van der Waals surface area (Å²) in [6.07, 6.45) is 4.12. The third kappa shape index (κ3) is 4.55. The van der Waals surface area contributed by atoms with Crippen LogP contribution in [0.1, 0.15) is 67.0 Å².